The molecule has 0 spiro atoms. The Hall–Kier alpha value is -2.09. The highest BCUT2D eigenvalue weighted by molar-refractivity contribution is 7.97. The van der Waals surface area contributed by atoms with E-state index in [0.717, 1.165) is 32.8 Å². The van der Waals surface area contributed by atoms with Crippen LogP contribution in [0.3, 0.4) is 0 Å². The number of nitrogens with zero attached hydrogens (tertiary/aromatic N) is 3. The van der Waals surface area contributed by atoms with Crippen molar-refractivity contribution in [1.82, 2.24) is 14.5 Å². The summed E-state index contributed by atoms with van der Waals surface area (Å²) in [6.45, 7) is 0.201. The SMILES string of the molecule is CSCc1nc2ccccc2n1CC(=O)Nc1nc2ccc(Cl)cc2s1. The van der Waals surface area contributed by atoms with Gasteiger partial charge in [-0.1, -0.05) is 35.1 Å². The molecule has 0 saturated heterocycles. The summed E-state index contributed by atoms with van der Waals surface area (Å²) in [4.78, 5) is 21.7. The van der Waals surface area contributed by atoms with Gasteiger partial charge in [0.2, 0.25) is 5.91 Å². The topological polar surface area (TPSA) is 59.8 Å². The van der Waals surface area contributed by atoms with Crippen LogP contribution in [0, 0.1) is 0 Å². The molecule has 8 heteroatoms. The zero-order valence-electron chi connectivity index (χ0n) is 13.9. The van der Waals surface area contributed by atoms with Crippen LogP contribution in [-0.2, 0) is 17.1 Å². The number of para-hydroxylation sites is 2. The van der Waals surface area contributed by atoms with E-state index in [1.807, 2.05) is 47.2 Å². The molecule has 2 aromatic heterocycles. The maximum atomic E-state index is 12.6. The summed E-state index contributed by atoms with van der Waals surface area (Å²) in [6, 6.07) is 13.4. The zero-order chi connectivity index (χ0) is 18.1. The van der Waals surface area contributed by atoms with Crippen molar-refractivity contribution in [3.05, 3.63) is 53.3 Å². The fraction of sp³-hybridized carbons (Fsp3) is 0.167. The molecule has 0 aliphatic rings. The first kappa shape index (κ1) is 17.3. The van der Waals surface area contributed by atoms with Gasteiger partial charge in [0.15, 0.2) is 5.13 Å². The van der Waals surface area contributed by atoms with Crippen molar-refractivity contribution in [1.29, 1.82) is 0 Å². The number of aromatic nitrogens is 3. The van der Waals surface area contributed by atoms with Crippen molar-refractivity contribution in [2.75, 3.05) is 11.6 Å². The molecule has 0 radical (unpaired) electrons. The molecule has 0 unspecified atom stereocenters. The molecule has 26 heavy (non-hydrogen) atoms. The highest BCUT2D eigenvalue weighted by Crippen LogP contribution is 2.28. The van der Waals surface area contributed by atoms with E-state index in [1.54, 1.807) is 17.8 Å². The van der Waals surface area contributed by atoms with Crippen LogP contribution in [0.1, 0.15) is 5.82 Å². The summed E-state index contributed by atoms with van der Waals surface area (Å²) in [5.74, 6) is 1.52. The average molecular weight is 403 g/mol. The standard InChI is InChI=1S/C18H15ClN4OS2/c1-25-10-16-20-12-4-2-3-5-14(12)23(16)9-17(24)22-18-21-13-7-6-11(19)8-15(13)26-18/h2-8H,9-10H2,1H3,(H,21,22,24). The molecule has 1 N–H and O–H groups in total. The van der Waals surface area contributed by atoms with Gasteiger partial charge in [-0.3, -0.25) is 4.79 Å². The van der Waals surface area contributed by atoms with Crippen LogP contribution in [0.5, 0.6) is 0 Å². The Morgan fingerprint density at radius 3 is 2.92 bits per heavy atom. The number of carbonyl (C=O) groups excluding carboxylic acids is 1. The number of rotatable bonds is 5. The molecule has 4 rings (SSSR count). The second kappa shape index (κ2) is 7.26. The highest BCUT2D eigenvalue weighted by atomic mass is 35.5. The molecule has 0 aliphatic heterocycles. The van der Waals surface area contributed by atoms with Crippen molar-refractivity contribution in [3.8, 4) is 0 Å². The summed E-state index contributed by atoms with van der Waals surface area (Å²) < 4.78 is 2.91. The van der Waals surface area contributed by atoms with Gasteiger partial charge in [-0.2, -0.15) is 11.8 Å². The van der Waals surface area contributed by atoms with Gasteiger partial charge in [0.1, 0.15) is 12.4 Å². The lowest BCUT2D eigenvalue weighted by Gasteiger charge is -2.08. The Morgan fingerprint density at radius 2 is 2.08 bits per heavy atom. The van der Waals surface area contributed by atoms with Crippen molar-refractivity contribution in [3.63, 3.8) is 0 Å². The number of fused-ring (bicyclic) bond motifs is 2. The van der Waals surface area contributed by atoms with E-state index in [0.29, 0.717) is 10.2 Å². The van der Waals surface area contributed by atoms with Crippen molar-refractivity contribution < 1.29 is 4.79 Å². The van der Waals surface area contributed by atoms with Crippen LogP contribution in [-0.4, -0.2) is 26.7 Å². The van der Waals surface area contributed by atoms with Crippen LogP contribution in [0.4, 0.5) is 5.13 Å². The van der Waals surface area contributed by atoms with Crippen molar-refractivity contribution in [2.45, 2.75) is 12.3 Å². The van der Waals surface area contributed by atoms with Crippen LogP contribution in [0.15, 0.2) is 42.5 Å². The van der Waals surface area contributed by atoms with Gasteiger partial charge in [0.25, 0.3) is 0 Å². The molecule has 0 fully saturated rings. The summed E-state index contributed by atoms with van der Waals surface area (Å²) >= 11 is 9.11. The lowest BCUT2D eigenvalue weighted by Crippen LogP contribution is -2.19. The lowest BCUT2D eigenvalue weighted by molar-refractivity contribution is -0.116. The van der Waals surface area contributed by atoms with Crippen LogP contribution in [0.2, 0.25) is 5.02 Å². The smallest absolute Gasteiger partial charge is 0.246 e. The number of anilines is 1. The first-order chi connectivity index (χ1) is 12.6. The molecule has 4 aromatic rings. The minimum absolute atomic E-state index is 0.124. The van der Waals surface area contributed by atoms with Gasteiger partial charge in [-0.05, 0) is 36.6 Å². The number of thioether (sulfide) groups is 1. The van der Waals surface area contributed by atoms with E-state index in [2.05, 4.69) is 15.3 Å². The lowest BCUT2D eigenvalue weighted by atomic mass is 10.3. The van der Waals surface area contributed by atoms with Gasteiger partial charge >= 0.3 is 0 Å². The molecule has 0 saturated carbocycles. The fourth-order valence-corrected chi connectivity index (χ4v) is 4.43. The normalized spacial score (nSPS) is 11.3. The summed E-state index contributed by atoms with van der Waals surface area (Å²) in [5, 5.41) is 4.12. The molecule has 5 nitrogen and oxygen atoms in total. The van der Waals surface area contributed by atoms with Crippen LogP contribution in [0.25, 0.3) is 21.3 Å². The van der Waals surface area contributed by atoms with Gasteiger partial charge in [0, 0.05) is 5.02 Å². The molecule has 0 aliphatic carbocycles. The minimum atomic E-state index is -0.124. The minimum Gasteiger partial charge on any atom is -0.318 e. The summed E-state index contributed by atoms with van der Waals surface area (Å²) in [7, 11) is 0. The number of amides is 1. The Labute approximate surface area is 163 Å². The molecule has 1 amide bonds. The van der Waals surface area contributed by atoms with Gasteiger partial charge < -0.3 is 9.88 Å². The van der Waals surface area contributed by atoms with Crippen LogP contribution < -0.4 is 5.32 Å². The highest BCUT2D eigenvalue weighted by Gasteiger charge is 2.14. The number of imidazole rings is 1. The van der Waals surface area contributed by atoms with Gasteiger partial charge in [-0.15, -0.1) is 0 Å². The maximum absolute atomic E-state index is 12.6. The van der Waals surface area contributed by atoms with Crippen molar-refractivity contribution >= 4 is 67.0 Å². The second-order valence-electron chi connectivity index (χ2n) is 5.72. The largest absolute Gasteiger partial charge is 0.318 e. The number of hydrogen-bond acceptors (Lipinski definition) is 5. The second-order valence-corrected chi connectivity index (χ2v) is 8.05. The predicted octanol–water partition coefficient (Wildman–Crippen LogP) is 4.80. The predicted molar refractivity (Wildman–Crippen MR) is 110 cm³/mol. The number of halogens is 1. The monoisotopic (exact) mass is 402 g/mol. The first-order valence-electron chi connectivity index (χ1n) is 7.93. The number of hydrogen-bond donors (Lipinski definition) is 1. The quantitative estimate of drug-likeness (QED) is 0.520. The van der Waals surface area contributed by atoms with Crippen LogP contribution >= 0.6 is 34.7 Å². The molecule has 2 aromatic carbocycles. The average Bonchev–Trinajstić information content (AvgIpc) is 3.16. The number of carbonyl (C=O) groups is 1. The van der Waals surface area contributed by atoms with Gasteiger partial charge in [-0.25, -0.2) is 9.97 Å². The number of thiazole rings is 1. The number of benzene rings is 2. The third-order valence-electron chi connectivity index (χ3n) is 3.91. The molecule has 2 heterocycles. The van der Waals surface area contributed by atoms with E-state index in [-0.39, 0.29) is 12.5 Å². The molecular formula is C18H15ClN4OS2. The molecule has 132 valence electrons. The Morgan fingerprint density at radius 1 is 1.23 bits per heavy atom. The zero-order valence-corrected chi connectivity index (χ0v) is 16.3. The molecule has 0 bridgehead atoms. The summed E-state index contributed by atoms with van der Waals surface area (Å²) in [6.07, 6.45) is 2.02. The number of nitrogens with one attached hydrogen (secondary N) is 1. The first-order valence-corrected chi connectivity index (χ1v) is 10.5. The third-order valence-corrected chi connectivity index (χ3v) is 5.62. The van der Waals surface area contributed by atoms with E-state index in [1.165, 1.54) is 11.3 Å². The Bertz CT molecular complexity index is 1110. The van der Waals surface area contributed by atoms with E-state index in [4.69, 9.17) is 11.6 Å². The maximum Gasteiger partial charge on any atom is 0.246 e. The third kappa shape index (κ3) is 3.42. The van der Waals surface area contributed by atoms with E-state index in [9.17, 15) is 4.79 Å². The van der Waals surface area contributed by atoms with Crippen molar-refractivity contribution in [2.24, 2.45) is 0 Å². The fourth-order valence-electron chi connectivity index (χ4n) is 2.80. The van der Waals surface area contributed by atoms with E-state index < -0.39 is 0 Å². The molecule has 0 atom stereocenters. The Kier molecular flexibility index (Phi) is 4.84. The van der Waals surface area contributed by atoms with Gasteiger partial charge in [0.05, 0.1) is 27.0 Å². The Balaban J connectivity index is 1.59. The summed E-state index contributed by atoms with van der Waals surface area (Å²) in [5.41, 5.74) is 2.69. The molecular weight excluding hydrogens is 388 g/mol. The van der Waals surface area contributed by atoms with E-state index >= 15 is 0 Å².